The molecule has 3 saturated heterocycles. The zero-order valence-electron chi connectivity index (χ0n) is 59.5. The number of carbonyl (C=O) groups excluding carboxylic acids is 11. The Hall–Kier alpha value is -8.58. The minimum Gasteiger partial charge on any atom is -0.480 e. The van der Waals surface area contributed by atoms with E-state index in [4.69, 9.17) is 15.7 Å². The van der Waals surface area contributed by atoms with E-state index in [9.17, 15) is 62.6 Å². The number of nitrogens with zero attached hydrogens (tertiary/aromatic N) is 6. The monoisotopic (exact) mass is 1460 g/mol. The first-order valence-corrected chi connectivity index (χ1v) is 38.3. The van der Waals surface area contributed by atoms with Gasteiger partial charge in [-0.05, 0) is 123 Å². The Kier molecular flexibility index (Phi) is 29.2. The van der Waals surface area contributed by atoms with Crippen molar-refractivity contribution in [2.75, 3.05) is 70.5 Å². The Morgan fingerprint density at radius 1 is 0.592 bits per heavy atom. The highest BCUT2D eigenvalue weighted by Gasteiger charge is 2.45. The summed E-state index contributed by atoms with van der Waals surface area (Å²) in [5.41, 5.74) is 7.69. The lowest BCUT2D eigenvalue weighted by Crippen LogP contribution is -2.57. The molecule has 2 aromatic heterocycles. The predicted molar refractivity (Wildman–Crippen MR) is 390 cm³/mol. The van der Waals surface area contributed by atoms with Crippen molar-refractivity contribution in [3.63, 3.8) is 0 Å². The molecule has 2 saturated carbocycles. The lowest BCUT2D eigenvalue weighted by atomic mass is 9.83. The van der Waals surface area contributed by atoms with Crippen molar-refractivity contribution in [2.24, 2.45) is 23.5 Å². The Morgan fingerprint density at radius 3 is 1.47 bits per heavy atom. The molecule has 11 N–H and O–H groups in total. The van der Waals surface area contributed by atoms with Crippen LogP contribution >= 0.6 is 22.7 Å². The van der Waals surface area contributed by atoms with Crippen LogP contribution in [-0.4, -0.2) is 208 Å². The lowest BCUT2D eigenvalue weighted by molar-refractivity contribution is -0.142. The standard InChI is InChI=1S/C73H101N15O13S2/c1-44(75-3)60(91)79-58(48-28-14-7-15-29-48)71(98)86-40-20-32-52(86)62(93)83-66-56(46-24-10-5-11-25-46)81-68(102-66)64(95)77-35-22-37-85(54(89)34-18-9-19-39-88-55(90)43-50(70(88)97)42-51(74)73(100)101)38-23-36-78-65(96)69-82-57(47-26-12-6-13-27-47)67(103-69)84-63(94)53-33-21-41-87(53)72(99)59(49-30-16-8-17-31-49)80-61(92)45(2)76-4/h5-6,10-13,24-27,44-45,48-53,58-59,75-76H,7-9,14-23,28-43,74H2,1-4H3,(H,77,95)(H,78,96)(H,79,91)(H,80,92)(H,83,93)(H,84,94)(H,100,101)/t44-,45-,50?,51?,52?,53?,58-,59-/m0/s1. The van der Waals surface area contributed by atoms with Crippen molar-refractivity contribution in [3.05, 3.63) is 70.7 Å². The summed E-state index contributed by atoms with van der Waals surface area (Å²) in [7, 11) is 3.36. The first-order valence-electron chi connectivity index (χ1n) is 36.6. The summed E-state index contributed by atoms with van der Waals surface area (Å²) in [4.78, 5) is 179. The molecule has 9 rings (SSSR count). The fourth-order valence-electron chi connectivity index (χ4n) is 14.4. The molecule has 30 heteroatoms. The molecule has 11 amide bonds. The maximum absolute atomic E-state index is 14.5. The van der Waals surface area contributed by atoms with Crippen LogP contribution in [-0.2, 0) is 47.9 Å². The predicted octanol–water partition coefficient (Wildman–Crippen LogP) is 5.64. The number of nitrogens with two attached hydrogens (primary N) is 1. The van der Waals surface area contributed by atoms with E-state index >= 15 is 0 Å². The Balaban J connectivity index is 0.840. The van der Waals surface area contributed by atoms with Crippen molar-refractivity contribution in [3.8, 4) is 22.5 Å². The van der Waals surface area contributed by atoms with Gasteiger partial charge in [-0.1, -0.05) is 128 Å². The van der Waals surface area contributed by atoms with E-state index in [-0.39, 0.29) is 103 Å². The van der Waals surface area contributed by atoms with E-state index in [1.165, 1.54) is 0 Å². The van der Waals surface area contributed by atoms with E-state index in [0.29, 0.717) is 103 Å². The number of carboxylic acid groups (broad SMARTS) is 1. The molecule has 2 aromatic carbocycles. The molecule has 0 spiro atoms. The minimum atomic E-state index is -1.28. The van der Waals surface area contributed by atoms with Crippen LogP contribution in [0.25, 0.3) is 22.5 Å². The Labute approximate surface area is 609 Å². The van der Waals surface area contributed by atoms with E-state index in [1.807, 2.05) is 60.7 Å². The second kappa shape index (κ2) is 38.3. The smallest absolute Gasteiger partial charge is 0.320 e. The summed E-state index contributed by atoms with van der Waals surface area (Å²) >= 11 is 1.98. The average molecular weight is 1460 g/mol. The molecule has 103 heavy (non-hydrogen) atoms. The van der Waals surface area contributed by atoms with Gasteiger partial charge in [0, 0.05) is 75.7 Å². The molecule has 4 unspecified atom stereocenters. The second-order valence-corrected chi connectivity index (χ2v) is 29.6. The highest BCUT2D eigenvalue weighted by Crippen LogP contribution is 2.38. The van der Waals surface area contributed by atoms with Gasteiger partial charge in [-0.3, -0.25) is 62.4 Å². The molecule has 5 heterocycles. The highest BCUT2D eigenvalue weighted by molar-refractivity contribution is 7.18. The fourth-order valence-corrected chi connectivity index (χ4v) is 16.2. The molecule has 0 radical (unpaired) electrons. The van der Waals surface area contributed by atoms with Gasteiger partial charge in [-0.2, -0.15) is 0 Å². The van der Waals surface area contributed by atoms with Crippen LogP contribution in [0.4, 0.5) is 10.0 Å². The number of unbranched alkanes of at least 4 members (excludes halogenated alkanes) is 2. The van der Waals surface area contributed by atoms with Crippen LogP contribution in [0.1, 0.15) is 175 Å². The van der Waals surface area contributed by atoms with Crippen LogP contribution in [0.15, 0.2) is 60.7 Å². The van der Waals surface area contributed by atoms with Crippen molar-refractivity contribution in [1.82, 2.24) is 61.5 Å². The SMILES string of the molecule is CN[C@@H](C)C(=O)N[C@H](C(=O)N1CCCC1C(=O)Nc1sc(C(=O)NCCCN(CCCNC(=O)c2nc(-c3ccccc3)c(NC(=O)C3CCCN3C(=O)[C@@H](NC(=O)[C@H](C)NC)C3CCCCC3)s2)C(=O)CCCCCN2C(=O)CC(CC(N)C(=O)O)C2=O)nc1-c1ccccc1)C1CCCCC1. The summed E-state index contributed by atoms with van der Waals surface area (Å²) in [6.07, 6.45) is 12.7. The number of imide groups is 1. The van der Waals surface area contributed by atoms with E-state index < -0.39 is 89.6 Å². The van der Waals surface area contributed by atoms with Gasteiger partial charge in [0.1, 0.15) is 51.6 Å². The van der Waals surface area contributed by atoms with Gasteiger partial charge in [0.25, 0.3) is 11.8 Å². The number of likely N-dealkylation sites (tertiary alicyclic amines) is 3. The van der Waals surface area contributed by atoms with Gasteiger partial charge in [-0.15, -0.1) is 0 Å². The minimum absolute atomic E-state index is 0.0619. The number of thiazole rings is 2. The van der Waals surface area contributed by atoms with Crippen molar-refractivity contribution in [1.29, 1.82) is 0 Å². The molecule has 558 valence electrons. The number of hydrogen-bond donors (Lipinski definition) is 10. The van der Waals surface area contributed by atoms with Crippen molar-refractivity contribution >= 4 is 104 Å². The third-order valence-corrected chi connectivity index (χ3v) is 22.4. The van der Waals surface area contributed by atoms with Crippen molar-refractivity contribution in [2.45, 2.75) is 197 Å². The number of nitrogens with one attached hydrogen (secondary N) is 8. The number of aromatic nitrogens is 2. The number of rotatable bonds is 35. The van der Waals surface area contributed by atoms with E-state index in [1.54, 1.807) is 42.6 Å². The molecule has 4 aromatic rings. The zero-order chi connectivity index (χ0) is 73.7. The summed E-state index contributed by atoms with van der Waals surface area (Å²) in [6.45, 7) is 4.85. The summed E-state index contributed by atoms with van der Waals surface area (Å²) in [6, 6.07) is 12.6. The summed E-state index contributed by atoms with van der Waals surface area (Å²) in [5, 5.41) is 33.8. The van der Waals surface area contributed by atoms with Gasteiger partial charge >= 0.3 is 5.97 Å². The maximum atomic E-state index is 14.5. The number of carboxylic acids is 1. The van der Waals surface area contributed by atoms with Gasteiger partial charge in [0.05, 0.1) is 12.1 Å². The third kappa shape index (κ3) is 20.9. The van der Waals surface area contributed by atoms with Crippen LogP contribution < -0.4 is 48.3 Å². The van der Waals surface area contributed by atoms with Crippen molar-refractivity contribution < 1.29 is 62.6 Å². The third-order valence-electron chi connectivity index (χ3n) is 20.5. The molecular formula is C73H101N15O13S2. The van der Waals surface area contributed by atoms with E-state index in [0.717, 1.165) is 91.8 Å². The number of benzene rings is 2. The normalized spacial score (nSPS) is 19.4. The fraction of sp³-hybridized carbons (Fsp3) is 0.589. The summed E-state index contributed by atoms with van der Waals surface area (Å²) < 4.78 is 0. The quantitative estimate of drug-likeness (QED) is 0.0197. The van der Waals surface area contributed by atoms with Crippen LogP contribution in [0.5, 0.6) is 0 Å². The first-order chi connectivity index (χ1) is 49.6. The van der Waals surface area contributed by atoms with Crippen LogP contribution in [0.2, 0.25) is 0 Å². The molecule has 8 atom stereocenters. The topological polar surface area (TPSA) is 386 Å². The Bertz CT molecular complexity index is 3450. The van der Waals surface area contributed by atoms with Gasteiger partial charge < -0.3 is 68.1 Å². The lowest BCUT2D eigenvalue weighted by Gasteiger charge is -2.35. The average Bonchev–Trinajstić information content (AvgIpc) is 1.71. The van der Waals surface area contributed by atoms with Gasteiger partial charge in [0.15, 0.2) is 10.0 Å². The number of aliphatic carboxylic acids is 1. The van der Waals surface area contributed by atoms with E-state index in [2.05, 4.69) is 42.5 Å². The van der Waals surface area contributed by atoms with Gasteiger partial charge in [0.2, 0.25) is 53.2 Å². The molecule has 3 aliphatic heterocycles. The number of anilines is 2. The number of carbonyl (C=O) groups is 12. The number of amides is 11. The molecule has 28 nitrogen and oxygen atoms in total. The number of likely N-dealkylation sites (N-methyl/N-ethyl adjacent to an activating group) is 2. The van der Waals surface area contributed by atoms with Crippen LogP contribution in [0.3, 0.4) is 0 Å². The first kappa shape index (κ1) is 78.6. The largest absolute Gasteiger partial charge is 0.480 e. The highest BCUT2D eigenvalue weighted by atomic mass is 32.1. The van der Waals surface area contributed by atoms with Gasteiger partial charge in [-0.25, -0.2) is 9.97 Å². The Morgan fingerprint density at radius 2 is 1.04 bits per heavy atom. The molecule has 2 aliphatic carbocycles. The maximum Gasteiger partial charge on any atom is 0.320 e. The van der Waals surface area contributed by atoms with Crippen LogP contribution in [0, 0.1) is 17.8 Å². The second-order valence-electron chi connectivity index (χ2n) is 27.6. The molecular weight excluding hydrogens is 1360 g/mol. The molecule has 0 bridgehead atoms. The zero-order valence-corrected chi connectivity index (χ0v) is 61.1. The number of hydrogen-bond acceptors (Lipinski definition) is 19. The summed E-state index contributed by atoms with van der Waals surface area (Å²) in [5.74, 6) is -6.39. The molecule has 5 fully saturated rings. The molecule has 5 aliphatic rings.